The number of halogens is 1. The van der Waals surface area contributed by atoms with Crippen LogP contribution in [-0.4, -0.2) is 6.26 Å². The topological polar surface area (TPSA) is 9.23 Å². The molecule has 1 nitrogen and oxygen atoms in total. The van der Waals surface area contributed by atoms with Crippen LogP contribution < -0.4 is 0 Å². The predicted molar refractivity (Wildman–Crippen MR) is 54.5 cm³/mol. The van der Waals surface area contributed by atoms with Crippen LogP contribution in [-0.2, 0) is 4.18 Å². The van der Waals surface area contributed by atoms with Crippen molar-refractivity contribution in [2.24, 2.45) is 0 Å². The van der Waals surface area contributed by atoms with Crippen molar-refractivity contribution in [1.82, 2.24) is 0 Å². The lowest BCUT2D eigenvalue weighted by atomic mass is 10.1. The Morgan fingerprint density at radius 2 is 1.92 bits per heavy atom. The van der Waals surface area contributed by atoms with Crippen molar-refractivity contribution in [2.75, 3.05) is 6.26 Å². The van der Waals surface area contributed by atoms with E-state index in [1.165, 1.54) is 12.0 Å². The summed E-state index contributed by atoms with van der Waals surface area (Å²) in [7, 11) is 0. The van der Waals surface area contributed by atoms with Gasteiger partial charge in [0.1, 0.15) is 0 Å². The maximum atomic E-state index is 5.75. The standard InChI is InChI=1S/C9H11ClOS/c1-7(11-12-2)8-3-5-9(10)6-4-8/h3-7H,1-2H3. The summed E-state index contributed by atoms with van der Waals surface area (Å²) in [5.41, 5.74) is 1.15. The number of rotatable bonds is 3. The van der Waals surface area contributed by atoms with Crippen LogP contribution in [0.2, 0.25) is 5.02 Å². The van der Waals surface area contributed by atoms with Gasteiger partial charge in [0.25, 0.3) is 0 Å². The summed E-state index contributed by atoms with van der Waals surface area (Å²) in [5.74, 6) is 0. The Balaban J connectivity index is 2.68. The molecular formula is C9H11ClOS. The van der Waals surface area contributed by atoms with Crippen LogP contribution in [0.5, 0.6) is 0 Å². The molecule has 0 aliphatic heterocycles. The van der Waals surface area contributed by atoms with Gasteiger partial charge in [-0.25, -0.2) is 0 Å². The van der Waals surface area contributed by atoms with Gasteiger partial charge in [-0.1, -0.05) is 23.7 Å². The highest BCUT2D eigenvalue weighted by atomic mass is 35.5. The van der Waals surface area contributed by atoms with Gasteiger partial charge >= 0.3 is 0 Å². The smallest absolute Gasteiger partial charge is 0.0943 e. The fourth-order valence-corrected chi connectivity index (χ4v) is 1.46. The first kappa shape index (κ1) is 9.90. The molecule has 0 aliphatic carbocycles. The number of hydrogen-bond acceptors (Lipinski definition) is 2. The summed E-state index contributed by atoms with van der Waals surface area (Å²) in [6, 6.07) is 7.70. The maximum Gasteiger partial charge on any atom is 0.0943 e. The molecule has 12 heavy (non-hydrogen) atoms. The Morgan fingerprint density at radius 1 is 1.33 bits per heavy atom. The lowest BCUT2D eigenvalue weighted by Gasteiger charge is -2.09. The summed E-state index contributed by atoms with van der Waals surface area (Å²) < 4.78 is 5.34. The Labute approximate surface area is 82.3 Å². The third-order valence-electron chi connectivity index (χ3n) is 1.58. The summed E-state index contributed by atoms with van der Waals surface area (Å²) in [6.07, 6.45) is 2.03. The van der Waals surface area contributed by atoms with E-state index < -0.39 is 0 Å². The molecule has 3 heteroatoms. The molecule has 0 fully saturated rings. The highest BCUT2D eigenvalue weighted by Gasteiger charge is 2.03. The van der Waals surface area contributed by atoms with E-state index >= 15 is 0 Å². The largest absolute Gasteiger partial charge is 0.308 e. The Bertz CT molecular complexity index is 235. The van der Waals surface area contributed by atoms with Gasteiger partial charge in [-0.15, -0.1) is 0 Å². The monoisotopic (exact) mass is 202 g/mol. The van der Waals surface area contributed by atoms with E-state index in [-0.39, 0.29) is 6.10 Å². The molecule has 0 N–H and O–H groups in total. The molecule has 1 atom stereocenters. The SMILES string of the molecule is CSOC(C)c1ccc(Cl)cc1. The molecule has 0 aliphatic rings. The summed E-state index contributed by atoms with van der Waals surface area (Å²) in [6.45, 7) is 2.01. The minimum atomic E-state index is 0.122. The van der Waals surface area contributed by atoms with Gasteiger partial charge in [-0.2, -0.15) is 0 Å². The zero-order valence-electron chi connectivity index (χ0n) is 7.08. The Hall–Kier alpha value is -0.180. The normalized spacial score (nSPS) is 12.9. The van der Waals surface area contributed by atoms with Gasteiger partial charge in [0.15, 0.2) is 0 Å². The van der Waals surface area contributed by atoms with Gasteiger partial charge in [-0.3, -0.25) is 0 Å². The Kier molecular flexibility index (Phi) is 3.92. The van der Waals surface area contributed by atoms with E-state index in [1.54, 1.807) is 0 Å². The molecule has 0 bridgehead atoms. The molecule has 1 aromatic carbocycles. The molecule has 0 radical (unpaired) electrons. The second-order valence-electron chi connectivity index (χ2n) is 2.46. The lowest BCUT2D eigenvalue weighted by molar-refractivity contribution is 0.274. The molecule has 0 amide bonds. The van der Waals surface area contributed by atoms with Crippen molar-refractivity contribution < 1.29 is 4.18 Å². The van der Waals surface area contributed by atoms with Crippen LogP contribution >= 0.6 is 23.6 Å². The second kappa shape index (κ2) is 4.75. The summed E-state index contributed by atoms with van der Waals surface area (Å²) >= 11 is 7.12. The highest BCUT2D eigenvalue weighted by Crippen LogP contribution is 2.22. The lowest BCUT2D eigenvalue weighted by Crippen LogP contribution is -1.92. The molecule has 0 aromatic heterocycles. The molecule has 1 unspecified atom stereocenters. The average molecular weight is 203 g/mol. The Morgan fingerprint density at radius 3 is 2.42 bits per heavy atom. The van der Waals surface area contributed by atoms with Gasteiger partial charge in [0.2, 0.25) is 0 Å². The van der Waals surface area contributed by atoms with Gasteiger partial charge in [-0.05, 0) is 36.7 Å². The zero-order chi connectivity index (χ0) is 8.97. The third kappa shape index (κ3) is 2.70. The number of benzene rings is 1. The van der Waals surface area contributed by atoms with E-state index in [9.17, 15) is 0 Å². The fourth-order valence-electron chi connectivity index (χ4n) is 0.934. The molecule has 0 heterocycles. The van der Waals surface area contributed by atoms with Gasteiger partial charge in [0, 0.05) is 11.3 Å². The summed E-state index contributed by atoms with van der Waals surface area (Å²) in [4.78, 5) is 0. The van der Waals surface area contributed by atoms with Crippen molar-refractivity contribution in [3.05, 3.63) is 34.9 Å². The second-order valence-corrected chi connectivity index (χ2v) is 3.42. The number of hydrogen-bond donors (Lipinski definition) is 0. The summed E-state index contributed by atoms with van der Waals surface area (Å²) in [5, 5.41) is 0.759. The first-order valence-corrected chi connectivity index (χ1v) is 5.21. The quantitative estimate of drug-likeness (QED) is 0.692. The van der Waals surface area contributed by atoms with E-state index in [2.05, 4.69) is 0 Å². The van der Waals surface area contributed by atoms with E-state index in [1.807, 2.05) is 37.4 Å². The molecule has 0 saturated carbocycles. The van der Waals surface area contributed by atoms with Crippen molar-refractivity contribution in [2.45, 2.75) is 13.0 Å². The van der Waals surface area contributed by atoms with Crippen LogP contribution in [0, 0.1) is 0 Å². The van der Waals surface area contributed by atoms with Crippen molar-refractivity contribution in [1.29, 1.82) is 0 Å². The van der Waals surface area contributed by atoms with E-state index in [0.29, 0.717) is 0 Å². The molecule has 66 valence electrons. The van der Waals surface area contributed by atoms with Crippen LogP contribution in [0.25, 0.3) is 0 Å². The molecule has 1 aromatic rings. The first-order valence-electron chi connectivity index (χ1n) is 3.69. The zero-order valence-corrected chi connectivity index (χ0v) is 8.65. The predicted octanol–water partition coefficient (Wildman–Crippen LogP) is 3.70. The first-order chi connectivity index (χ1) is 5.74. The van der Waals surface area contributed by atoms with Crippen LogP contribution in [0.4, 0.5) is 0 Å². The van der Waals surface area contributed by atoms with Crippen molar-refractivity contribution >= 4 is 23.6 Å². The van der Waals surface area contributed by atoms with Crippen molar-refractivity contribution in [3.63, 3.8) is 0 Å². The fraction of sp³-hybridized carbons (Fsp3) is 0.333. The van der Waals surface area contributed by atoms with Gasteiger partial charge in [0.05, 0.1) is 6.10 Å². The minimum absolute atomic E-state index is 0.122. The van der Waals surface area contributed by atoms with E-state index in [0.717, 1.165) is 10.6 Å². The molecule has 0 spiro atoms. The molecule has 0 saturated heterocycles. The maximum absolute atomic E-state index is 5.75. The minimum Gasteiger partial charge on any atom is -0.308 e. The van der Waals surface area contributed by atoms with Crippen LogP contribution in [0.1, 0.15) is 18.6 Å². The van der Waals surface area contributed by atoms with Crippen LogP contribution in [0.15, 0.2) is 24.3 Å². The van der Waals surface area contributed by atoms with Crippen molar-refractivity contribution in [3.8, 4) is 0 Å². The highest BCUT2D eigenvalue weighted by molar-refractivity contribution is 7.93. The third-order valence-corrected chi connectivity index (χ3v) is 2.31. The average Bonchev–Trinajstić information content (AvgIpc) is 2.06. The molecule has 1 rings (SSSR count). The molecular weight excluding hydrogens is 192 g/mol. The van der Waals surface area contributed by atoms with E-state index in [4.69, 9.17) is 15.8 Å². The van der Waals surface area contributed by atoms with Crippen LogP contribution in [0.3, 0.4) is 0 Å². The van der Waals surface area contributed by atoms with Gasteiger partial charge < -0.3 is 4.18 Å².